The number of aromatic nitrogens is 3. The van der Waals surface area contributed by atoms with Crippen LogP contribution in [0, 0.1) is 12.3 Å². The molecule has 0 bridgehead atoms. The van der Waals surface area contributed by atoms with E-state index in [0.29, 0.717) is 11.3 Å². The van der Waals surface area contributed by atoms with Gasteiger partial charge >= 0.3 is 11.8 Å². The molecule has 7 nitrogen and oxygen atoms in total. The van der Waals surface area contributed by atoms with Crippen LogP contribution in [-0.2, 0) is 4.74 Å². The lowest BCUT2D eigenvalue weighted by Gasteiger charge is -2.57. The first-order valence-corrected chi connectivity index (χ1v) is 9.22. The van der Waals surface area contributed by atoms with Crippen molar-refractivity contribution in [1.82, 2.24) is 19.9 Å². The van der Waals surface area contributed by atoms with Gasteiger partial charge in [-0.15, -0.1) is 0 Å². The molecule has 2 aliphatic carbocycles. The third-order valence-electron chi connectivity index (χ3n) is 5.65. The minimum absolute atomic E-state index is 0.198. The molecule has 1 amide bonds. The zero-order valence-electron chi connectivity index (χ0n) is 15.8. The van der Waals surface area contributed by atoms with Gasteiger partial charge in [-0.05, 0) is 70.4 Å². The summed E-state index contributed by atoms with van der Waals surface area (Å²) in [6.45, 7) is 7.62. The quantitative estimate of drug-likeness (QED) is 0.864. The smallest absolute Gasteiger partial charge is 0.407 e. The van der Waals surface area contributed by atoms with E-state index in [1.54, 1.807) is 10.6 Å². The number of aryl methyl sites for hydroxylation is 1. The Morgan fingerprint density at radius 2 is 2.04 bits per heavy atom. The largest absolute Gasteiger partial charge is 0.444 e. The maximum atomic E-state index is 11.9. The third-order valence-corrected chi connectivity index (χ3v) is 5.65. The van der Waals surface area contributed by atoms with Crippen LogP contribution in [0.5, 0.6) is 0 Å². The van der Waals surface area contributed by atoms with Crippen LogP contribution in [0.15, 0.2) is 17.1 Å². The molecule has 2 heterocycles. The predicted octanol–water partition coefficient (Wildman–Crippen LogP) is 2.88. The van der Waals surface area contributed by atoms with Crippen molar-refractivity contribution in [2.75, 3.05) is 0 Å². The van der Waals surface area contributed by atoms with Crippen LogP contribution in [0.2, 0.25) is 0 Å². The molecule has 140 valence electrons. The first-order chi connectivity index (χ1) is 12.2. The third kappa shape index (κ3) is 2.89. The fraction of sp³-hybridized carbons (Fsp3) is 0.632. The van der Waals surface area contributed by atoms with Gasteiger partial charge in [-0.2, -0.15) is 5.10 Å². The van der Waals surface area contributed by atoms with Crippen LogP contribution in [0.3, 0.4) is 0 Å². The van der Waals surface area contributed by atoms with Crippen molar-refractivity contribution < 1.29 is 9.53 Å². The molecule has 7 heteroatoms. The van der Waals surface area contributed by atoms with Gasteiger partial charge in [-0.25, -0.2) is 14.7 Å². The summed E-state index contributed by atoms with van der Waals surface area (Å²) in [7, 11) is 0. The van der Waals surface area contributed by atoms with Gasteiger partial charge in [0, 0.05) is 18.2 Å². The topological polar surface area (TPSA) is 88.5 Å². The van der Waals surface area contributed by atoms with Gasteiger partial charge in [0.1, 0.15) is 5.60 Å². The Morgan fingerprint density at radius 3 is 2.69 bits per heavy atom. The highest BCUT2D eigenvalue weighted by atomic mass is 16.6. The van der Waals surface area contributed by atoms with Gasteiger partial charge in [-0.1, -0.05) is 0 Å². The van der Waals surface area contributed by atoms with Crippen LogP contribution in [0.4, 0.5) is 4.79 Å². The molecule has 2 aromatic heterocycles. The second-order valence-corrected chi connectivity index (χ2v) is 8.99. The highest BCUT2D eigenvalue weighted by Crippen LogP contribution is 2.62. The fourth-order valence-corrected chi connectivity index (χ4v) is 4.60. The summed E-state index contributed by atoms with van der Waals surface area (Å²) >= 11 is 0. The number of alkyl carbamates (subject to hydrolysis) is 1. The van der Waals surface area contributed by atoms with Crippen molar-refractivity contribution in [2.24, 2.45) is 5.41 Å². The molecule has 2 aliphatic rings. The van der Waals surface area contributed by atoms with Crippen molar-refractivity contribution in [3.05, 3.63) is 34.0 Å². The number of carbonyl (C=O) groups excluding carboxylic acids is 1. The molecule has 0 unspecified atom stereocenters. The van der Waals surface area contributed by atoms with Crippen molar-refractivity contribution in [3.8, 4) is 0 Å². The van der Waals surface area contributed by atoms with Crippen LogP contribution in [0.1, 0.15) is 63.6 Å². The Hall–Kier alpha value is -2.31. The molecule has 1 spiro atoms. The molecule has 2 fully saturated rings. The number of amides is 1. The van der Waals surface area contributed by atoms with E-state index in [0.717, 1.165) is 42.5 Å². The standard InChI is InChI=1S/C19H26N4O3/c1-11-5-6-23-15(11)14(21-22-16(23)24)12-7-19(8-12)9-13(10-19)20-17(25)26-18(2,3)4/h5-6,12-13H,7-10H2,1-4H3,(H,20,25)(H,22,24). The average molecular weight is 358 g/mol. The van der Waals surface area contributed by atoms with Gasteiger partial charge < -0.3 is 10.1 Å². The Morgan fingerprint density at radius 1 is 1.35 bits per heavy atom. The number of hydrogen-bond acceptors (Lipinski definition) is 4. The summed E-state index contributed by atoms with van der Waals surface area (Å²) < 4.78 is 6.97. The van der Waals surface area contributed by atoms with Crippen LogP contribution in [0.25, 0.3) is 5.52 Å². The molecule has 2 N–H and O–H groups in total. The lowest BCUT2D eigenvalue weighted by molar-refractivity contribution is -0.0262. The molecule has 2 aromatic rings. The van der Waals surface area contributed by atoms with Crippen molar-refractivity contribution >= 4 is 11.6 Å². The molecule has 0 radical (unpaired) electrons. The molecule has 26 heavy (non-hydrogen) atoms. The molecular weight excluding hydrogens is 332 g/mol. The average Bonchev–Trinajstić information content (AvgIpc) is 2.83. The molecular formula is C19H26N4O3. The number of hydrogen-bond donors (Lipinski definition) is 2. The van der Waals surface area contributed by atoms with E-state index in [4.69, 9.17) is 4.74 Å². The second-order valence-electron chi connectivity index (χ2n) is 8.99. The van der Waals surface area contributed by atoms with E-state index in [1.165, 1.54) is 0 Å². The molecule has 4 rings (SSSR count). The first-order valence-electron chi connectivity index (χ1n) is 9.22. The molecule has 0 aromatic carbocycles. The van der Waals surface area contributed by atoms with Crippen molar-refractivity contribution in [3.63, 3.8) is 0 Å². The van der Waals surface area contributed by atoms with Gasteiger partial charge in [-0.3, -0.25) is 4.40 Å². The van der Waals surface area contributed by atoms with Crippen molar-refractivity contribution in [1.29, 1.82) is 0 Å². The van der Waals surface area contributed by atoms with E-state index in [2.05, 4.69) is 15.5 Å². The zero-order valence-corrected chi connectivity index (χ0v) is 15.8. The number of nitrogens with one attached hydrogen (secondary N) is 2. The highest BCUT2D eigenvalue weighted by Gasteiger charge is 2.54. The molecule has 0 saturated heterocycles. The predicted molar refractivity (Wildman–Crippen MR) is 97.3 cm³/mol. The number of fused-ring (bicyclic) bond motifs is 1. The Kier molecular flexibility index (Phi) is 3.68. The summed E-state index contributed by atoms with van der Waals surface area (Å²) in [5, 5.41) is 9.92. The van der Waals surface area contributed by atoms with E-state index >= 15 is 0 Å². The summed E-state index contributed by atoms with van der Waals surface area (Å²) in [5.74, 6) is 0.366. The Labute approximate surface area is 152 Å². The SMILES string of the molecule is Cc1ccn2c(=O)[nH]nc(C3CC4(CC(NC(=O)OC(C)(C)C)C4)C3)c12. The lowest BCUT2D eigenvalue weighted by Crippen LogP contribution is -2.56. The van der Waals surface area contributed by atoms with E-state index in [-0.39, 0.29) is 17.8 Å². The monoisotopic (exact) mass is 358 g/mol. The zero-order chi connectivity index (χ0) is 18.7. The van der Waals surface area contributed by atoms with Crippen LogP contribution >= 0.6 is 0 Å². The fourth-order valence-electron chi connectivity index (χ4n) is 4.60. The number of nitrogens with zero attached hydrogens (tertiary/aromatic N) is 2. The lowest BCUT2D eigenvalue weighted by atomic mass is 9.49. The summed E-state index contributed by atoms with van der Waals surface area (Å²) in [5.41, 5.74) is 2.65. The number of carbonyl (C=O) groups is 1. The van der Waals surface area contributed by atoms with Gasteiger partial charge in [0.05, 0.1) is 11.2 Å². The number of rotatable bonds is 2. The van der Waals surface area contributed by atoms with E-state index in [9.17, 15) is 9.59 Å². The highest BCUT2D eigenvalue weighted by molar-refractivity contribution is 5.68. The maximum Gasteiger partial charge on any atom is 0.407 e. The number of aromatic amines is 1. The molecule has 0 atom stereocenters. The van der Waals surface area contributed by atoms with E-state index < -0.39 is 5.60 Å². The molecule has 2 saturated carbocycles. The van der Waals surface area contributed by atoms with Crippen LogP contribution in [-0.4, -0.2) is 32.3 Å². The number of H-pyrrole nitrogens is 1. The Balaban J connectivity index is 1.37. The second kappa shape index (κ2) is 5.59. The minimum atomic E-state index is -0.469. The first kappa shape index (κ1) is 17.1. The van der Waals surface area contributed by atoms with E-state index in [1.807, 2.05) is 33.8 Å². The van der Waals surface area contributed by atoms with Gasteiger partial charge in [0.15, 0.2) is 0 Å². The summed E-state index contributed by atoms with van der Waals surface area (Å²) in [6, 6.07) is 2.15. The van der Waals surface area contributed by atoms with Gasteiger partial charge in [0.25, 0.3) is 0 Å². The summed E-state index contributed by atoms with van der Waals surface area (Å²) in [6.07, 6.45) is 5.55. The number of ether oxygens (including phenoxy) is 1. The van der Waals surface area contributed by atoms with Crippen molar-refractivity contribution in [2.45, 2.75) is 70.9 Å². The summed E-state index contributed by atoms with van der Waals surface area (Å²) in [4.78, 5) is 23.8. The van der Waals surface area contributed by atoms with Crippen LogP contribution < -0.4 is 11.0 Å². The van der Waals surface area contributed by atoms with Gasteiger partial charge in [0.2, 0.25) is 0 Å². The maximum absolute atomic E-state index is 11.9. The minimum Gasteiger partial charge on any atom is -0.444 e. The normalized spacial score (nSPS) is 27.8. The molecule has 0 aliphatic heterocycles. The Bertz CT molecular complexity index is 907.